The van der Waals surface area contributed by atoms with Crippen molar-refractivity contribution in [3.8, 4) is 5.75 Å². The molecular formula is C19H20F3NO2. The molecule has 1 atom stereocenters. The van der Waals surface area contributed by atoms with Gasteiger partial charge in [-0.2, -0.15) is 13.2 Å². The Labute approximate surface area is 144 Å². The van der Waals surface area contributed by atoms with Crippen LogP contribution in [-0.2, 0) is 11.0 Å². The predicted octanol–water partition coefficient (Wildman–Crippen LogP) is 5.12. The smallest absolute Gasteiger partial charge is 0.416 e. The molecule has 0 saturated carbocycles. The lowest BCUT2D eigenvalue weighted by molar-refractivity contribution is -0.137. The van der Waals surface area contributed by atoms with E-state index in [-0.39, 0.29) is 5.69 Å². The highest BCUT2D eigenvalue weighted by atomic mass is 19.4. The van der Waals surface area contributed by atoms with Crippen LogP contribution in [0.4, 0.5) is 18.9 Å². The number of amides is 1. The molecule has 0 aliphatic carbocycles. The molecule has 1 N–H and O–H groups in total. The quantitative estimate of drug-likeness (QED) is 0.812. The van der Waals surface area contributed by atoms with E-state index in [4.69, 9.17) is 4.74 Å². The summed E-state index contributed by atoms with van der Waals surface area (Å²) < 4.78 is 43.9. The first-order valence-corrected chi connectivity index (χ1v) is 7.92. The van der Waals surface area contributed by atoms with E-state index in [1.807, 2.05) is 26.0 Å². The Morgan fingerprint density at radius 1 is 1.12 bits per heavy atom. The number of alkyl halides is 3. The van der Waals surface area contributed by atoms with Crippen LogP contribution in [0, 0.1) is 13.8 Å². The second-order valence-corrected chi connectivity index (χ2v) is 5.83. The van der Waals surface area contributed by atoms with Gasteiger partial charge < -0.3 is 10.1 Å². The first-order valence-electron chi connectivity index (χ1n) is 7.92. The Balaban J connectivity index is 2.11. The fourth-order valence-corrected chi connectivity index (χ4v) is 2.27. The third-order valence-corrected chi connectivity index (χ3v) is 3.88. The summed E-state index contributed by atoms with van der Waals surface area (Å²) in [5, 5.41) is 2.49. The van der Waals surface area contributed by atoms with Crippen molar-refractivity contribution in [2.45, 2.75) is 39.5 Å². The molecule has 2 aromatic carbocycles. The summed E-state index contributed by atoms with van der Waals surface area (Å²) in [7, 11) is 0. The summed E-state index contributed by atoms with van der Waals surface area (Å²) in [4.78, 5) is 12.3. The fourth-order valence-electron chi connectivity index (χ4n) is 2.27. The van der Waals surface area contributed by atoms with Gasteiger partial charge in [0.25, 0.3) is 5.91 Å². The van der Waals surface area contributed by atoms with Crippen molar-refractivity contribution in [2.75, 3.05) is 5.32 Å². The number of aryl methyl sites for hydroxylation is 2. The minimum Gasteiger partial charge on any atom is -0.481 e. The number of anilines is 1. The van der Waals surface area contributed by atoms with E-state index in [2.05, 4.69) is 5.32 Å². The maximum absolute atomic E-state index is 12.8. The highest BCUT2D eigenvalue weighted by Gasteiger charge is 2.30. The van der Waals surface area contributed by atoms with Crippen LogP contribution >= 0.6 is 0 Å². The first-order chi connectivity index (χ1) is 11.7. The van der Waals surface area contributed by atoms with Crippen LogP contribution < -0.4 is 10.1 Å². The highest BCUT2D eigenvalue weighted by Crippen LogP contribution is 2.30. The number of carbonyl (C=O) groups excluding carboxylic acids is 1. The number of benzene rings is 2. The number of hydrogen-bond donors (Lipinski definition) is 1. The lowest BCUT2D eigenvalue weighted by atomic mass is 10.1. The minimum atomic E-state index is -4.46. The number of hydrogen-bond acceptors (Lipinski definition) is 2. The average molecular weight is 351 g/mol. The Kier molecular flexibility index (Phi) is 5.72. The monoisotopic (exact) mass is 351 g/mol. The molecule has 2 aromatic rings. The molecule has 134 valence electrons. The maximum Gasteiger partial charge on any atom is 0.416 e. The molecular weight excluding hydrogens is 331 g/mol. The lowest BCUT2D eigenvalue weighted by Gasteiger charge is -2.18. The van der Waals surface area contributed by atoms with Crippen molar-refractivity contribution < 1.29 is 22.7 Å². The van der Waals surface area contributed by atoms with Gasteiger partial charge in [0.2, 0.25) is 0 Å². The summed E-state index contributed by atoms with van der Waals surface area (Å²) in [6.07, 6.45) is -4.87. The fraction of sp³-hybridized carbons (Fsp3) is 0.316. The first kappa shape index (κ1) is 18.8. The van der Waals surface area contributed by atoms with E-state index in [0.717, 1.165) is 23.3 Å². The molecule has 0 saturated heterocycles. The van der Waals surface area contributed by atoms with Crippen molar-refractivity contribution >= 4 is 11.6 Å². The zero-order chi connectivity index (χ0) is 18.6. The molecule has 0 spiro atoms. The molecule has 6 heteroatoms. The van der Waals surface area contributed by atoms with Crippen LogP contribution in [0.25, 0.3) is 0 Å². The topological polar surface area (TPSA) is 38.3 Å². The Morgan fingerprint density at radius 3 is 2.44 bits per heavy atom. The van der Waals surface area contributed by atoms with Crippen molar-refractivity contribution in [3.05, 3.63) is 59.2 Å². The average Bonchev–Trinajstić information content (AvgIpc) is 2.55. The van der Waals surface area contributed by atoms with Crippen LogP contribution in [0.1, 0.15) is 30.0 Å². The number of carbonyl (C=O) groups is 1. The third-order valence-electron chi connectivity index (χ3n) is 3.88. The van der Waals surface area contributed by atoms with Crippen molar-refractivity contribution in [2.24, 2.45) is 0 Å². The maximum atomic E-state index is 12.8. The molecule has 0 aliphatic heterocycles. The standard InChI is InChI=1S/C19H20F3NO2/c1-4-17(25-16-9-8-12(2)13(3)10-16)18(24)23-15-7-5-6-14(11-15)19(20,21)22/h5-11,17H,4H2,1-3H3,(H,23,24)/t17-/m0/s1. The summed E-state index contributed by atoms with van der Waals surface area (Å²) in [6, 6.07) is 10.0. The van der Waals surface area contributed by atoms with Crippen molar-refractivity contribution in [3.63, 3.8) is 0 Å². The normalized spacial score (nSPS) is 12.6. The molecule has 0 radical (unpaired) electrons. The number of nitrogens with one attached hydrogen (secondary N) is 1. The van der Waals surface area contributed by atoms with Crippen LogP contribution in [0.15, 0.2) is 42.5 Å². The summed E-state index contributed by atoms with van der Waals surface area (Å²) in [5.41, 5.74) is 1.41. The van der Waals surface area contributed by atoms with Crippen molar-refractivity contribution in [1.82, 2.24) is 0 Å². The molecule has 0 unspecified atom stereocenters. The van der Waals surface area contributed by atoms with Gasteiger partial charge in [-0.25, -0.2) is 0 Å². The largest absolute Gasteiger partial charge is 0.481 e. The summed E-state index contributed by atoms with van der Waals surface area (Å²) in [5.74, 6) is 0.0641. The lowest BCUT2D eigenvalue weighted by Crippen LogP contribution is -2.32. The van der Waals surface area contributed by atoms with Gasteiger partial charge in [-0.3, -0.25) is 4.79 Å². The number of rotatable bonds is 5. The molecule has 0 aromatic heterocycles. The van der Waals surface area contributed by atoms with E-state index in [9.17, 15) is 18.0 Å². The number of ether oxygens (including phenoxy) is 1. The van der Waals surface area contributed by atoms with E-state index in [1.54, 1.807) is 13.0 Å². The molecule has 1 amide bonds. The van der Waals surface area contributed by atoms with Crippen LogP contribution in [-0.4, -0.2) is 12.0 Å². The minimum absolute atomic E-state index is 0.0851. The van der Waals surface area contributed by atoms with Gasteiger partial charge >= 0.3 is 6.18 Å². The zero-order valence-electron chi connectivity index (χ0n) is 14.3. The highest BCUT2D eigenvalue weighted by molar-refractivity contribution is 5.94. The van der Waals surface area contributed by atoms with Crippen LogP contribution in [0.2, 0.25) is 0 Å². The Morgan fingerprint density at radius 2 is 1.84 bits per heavy atom. The van der Waals surface area contributed by atoms with Crippen molar-refractivity contribution in [1.29, 1.82) is 0 Å². The SMILES string of the molecule is CC[C@H](Oc1ccc(C)c(C)c1)C(=O)Nc1cccc(C(F)(F)F)c1. The van der Waals surface area contributed by atoms with E-state index in [1.165, 1.54) is 12.1 Å². The second-order valence-electron chi connectivity index (χ2n) is 5.83. The Bertz CT molecular complexity index is 757. The molecule has 2 rings (SSSR count). The van der Waals surface area contributed by atoms with Crippen LogP contribution in [0.5, 0.6) is 5.75 Å². The van der Waals surface area contributed by atoms with Gasteiger partial charge in [-0.1, -0.05) is 19.1 Å². The molecule has 0 bridgehead atoms. The Hall–Kier alpha value is -2.50. The molecule has 0 fully saturated rings. The van der Waals surface area contributed by atoms with E-state index in [0.29, 0.717) is 12.2 Å². The predicted molar refractivity (Wildman–Crippen MR) is 90.7 cm³/mol. The van der Waals surface area contributed by atoms with Gasteiger partial charge in [-0.15, -0.1) is 0 Å². The van der Waals surface area contributed by atoms with Gasteiger partial charge in [0.15, 0.2) is 6.10 Å². The number of halogens is 3. The van der Waals surface area contributed by atoms with Gasteiger partial charge in [0.05, 0.1) is 5.56 Å². The molecule has 3 nitrogen and oxygen atoms in total. The second kappa shape index (κ2) is 7.59. The van der Waals surface area contributed by atoms with E-state index < -0.39 is 23.8 Å². The van der Waals surface area contributed by atoms with Gasteiger partial charge in [0.1, 0.15) is 5.75 Å². The van der Waals surface area contributed by atoms with Gasteiger partial charge in [0, 0.05) is 5.69 Å². The van der Waals surface area contributed by atoms with Crippen LogP contribution in [0.3, 0.4) is 0 Å². The summed E-state index contributed by atoms with van der Waals surface area (Å²) in [6.45, 7) is 5.68. The zero-order valence-corrected chi connectivity index (χ0v) is 14.3. The summed E-state index contributed by atoms with van der Waals surface area (Å²) >= 11 is 0. The van der Waals surface area contributed by atoms with Gasteiger partial charge in [-0.05, 0) is 61.7 Å². The third kappa shape index (κ3) is 4.98. The molecule has 0 aliphatic rings. The molecule has 0 heterocycles. The van der Waals surface area contributed by atoms with E-state index >= 15 is 0 Å². The molecule has 25 heavy (non-hydrogen) atoms.